The van der Waals surface area contributed by atoms with Gasteiger partial charge in [-0.3, -0.25) is 4.79 Å². The summed E-state index contributed by atoms with van der Waals surface area (Å²) in [4.78, 5) is 10.5. The van der Waals surface area contributed by atoms with E-state index in [1.54, 1.807) is 0 Å². The monoisotopic (exact) mass is 99.1 g/mol. The van der Waals surface area contributed by atoms with E-state index >= 15 is 0 Å². The summed E-state index contributed by atoms with van der Waals surface area (Å²) in [6.07, 6.45) is 1.01. The number of nitrogens with one attached hydrogen (secondary N) is 1. The number of carbonyl (C=O) groups excluding carboxylic acids is 1. The molecule has 2 nitrogen and oxygen atoms in total. The molecule has 1 aliphatic heterocycles. The lowest BCUT2D eigenvalue weighted by molar-refractivity contribution is -0.121. The van der Waals surface area contributed by atoms with Crippen LogP contribution in [0.1, 0.15) is 13.3 Å². The molecule has 1 N–H and O–H groups in total. The number of rotatable bonds is 0. The van der Waals surface area contributed by atoms with Gasteiger partial charge in [0.05, 0.1) is 0 Å². The van der Waals surface area contributed by atoms with E-state index in [9.17, 15) is 4.79 Å². The summed E-state index contributed by atoms with van der Waals surface area (Å²) in [7, 11) is 0. The van der Waals surface area contributed by atoms with Gasteiger partial charge in [-0.1, -0.05) is 6.92 Å². The Kier molecular flexibility index (Phi) is 1.01. The van der Waals surface area contributed by atoms with Crippen molar-refractivity contribution in [1.82, 2.24) is 5.32 Å². The predicted octanol–water partition coefficient (Wildman–Crippen LogP) is 0.142. The summed E-state index contributed by atoms with van der Waals surface area (Å²) < 4.78 is 0. The quantitative estimate of drug-likeness (QED) is 0.460. The summed E-state index contributed by atoms with van der Waals surface area (Å²) in [5, 5.41) is 2.73. The highest BCUT2D eigenvalue weighted by Crippen LogP contribution is 2.05. The Balaban J connectivity index is 2.48. The number of hydrogen-bond acceptors (Lipinski definition) is 1. The van der Waals surface area contributed by atoms with Crippen molar-refractivity contribution >= 4 is 5.91 Å². The fraction of sp³-hybridized carbons (Fsp3) is 0.800. The summed E-state index contributed by atoms with van der Waals surface area (Å²) in [6.45, 7) is 2.82. The Morgan fingerprint density at radius 3 is 2.71 bits per heavy atom. The van der Waals surface area contributed by atoms with Gasteiger partial charge in [-0.15, -0.1) is 0 Å². The first-order chi connectivity index (χ1) is 3.30. The van der Waals surface area contributed by atoms with Crippen molar-refractivity contribution in [1.29, 1.82) is 0 Å². The Labute approximate surface area is 42.9 Å². The van der Waals surface area contributed by atoms with Crippen molar-refractivity contribution in [3.8, 4) is 0 Å². The molecular formula is C5H9NO. The van der Waals surface area contributed by atoms with Crippen LogP contribution in [0.2, 0.25) is 0 Å². The van der Waals surface area contributed by atoms with E-state index in [1.807, 2.05) is 6.92 Å². The fourth-order valence-electron chi connectivity index (χ4n) is 0.717. The third-order valence-electron chi connectivity index (χ3n) is 1.32. The molecule has 1 aliphatic rings. The number of hydrogen-bond donors (Lipinski definition) is 1. The van der Waals surface area contributed by atoms with Crippen LogP contribution >= 0.6 is 0 Å². The first kappa shape index (κ1) is 4.62. The molecule has 1 heterocycles. The lowest BCUT2D eigenvalue weighted by Crippen LogP contribution is -2.16. The second-order valence-corrected chi connectivity index (χ2v) is 1.98. The molecule has 0 saturated carbocycles. The molecule has 1 fully saturated rings. The average Bonchev–Trinajstić information content (AvgIpc) is 1.91. The molecule has 7 heavy (non-hydrogen) atoms. The van der Waals surface area contributed by atoms with E-state index in [1.165, 1.54) is 0 Å². The van der Waals surface area contributed by atoms with Crippen LogP contribution in [0.25, 0.3) is 0 Å². The van der Waals surface area contributed by atoms with E-state index in [0.717, 1.165) is 13.0 Å². The third-order valence-corrected chi connectivity index (χ3v) is 1.32. The van der Waals surface area contributed by atoms with Crippen molar-refractivity contribution in [2.24, 2.45) is 5.92 Å². The van der Waals surface area contributed by atoms with E-state index in [-0.39, 0.29) is 11.8 Å². The van der Waals surface area contributed by atoms with Crippen LogP contribution in [-0.4, -0.2) is 12.5 Å². The second-order valence-electron chi connectivity index (χ2n) is 1.98. The van der Waals surface area contributed by atoms with Gasteiger partial charge in [-0.05, 0) is 6.42 Å². The zero-order valence-corrected chi connectivity index (χ0v) is 4.40. The molecule has 2 heteroatoms. The summed E-state index contributed by atoms with van der Waals surface area (Å²) in [5.41, 5.74) is 0. The van der Waals surface area contributed by atoms with Gasteiger partial charge in [0.25, 0.3) is 0 Å². The lowest BCUT2D eigenvalue weighted by atomic mass is 10.1. The Morgan fingerprint density at radius 1 is 1.86 bits per heavy atom. The van der Waals surface area contributed by atoms with Crippen molar-refractivity contribution in [3.63, 3.8) is 0 Å². The van der Waals surface area contributed by atoms with Crippen molar-refractivity contribution in [2.75, 3.05) is 6.54 Å². The zero-order valence-electron chi connectivity index (χ0n) is 4.40. The van der Waals surface area contributed by atoms with Crippen LogP contribution in [0.5, 0.6) is 0 Å². The fourth-order valence-corrected chi connectivity index (χ4v) is 0.717. The minimum atomic E-state index is 0.208. The van der Waals surface area contributed by atoms with Gasteiger partial charge in [0.1, 0.15) is 0 Å². The molecule has 0 radical (unpaired) electrons. The summed E-state index contributed by atoms with van der Waals surface area (Å²) in [6, 6.07) is 0. The van der Waals surface area contributed by atoms with Crippen LogP contribution in [-0.2, 0) is 4.79 Å². The second kappa shape index (κ2) is 1.52. The van der Waals surface area contributed by atoms with Gasteiger partial charge in [0, 0.05) is 12.5 Å². The van der Waals surface area contributed by atoms with Gasteiger partial charge in [0.2, 0.25) is 5.91 Å². The van der Waals surface area contributed by atoms with Gasteiger partial charge in [-0.2, -0.15) is 0 Å². The molecule has 0 aromatic heterocycles. The van der Waals surface area contributed by atoms with Gasteiger partial charge in [-0.25, -0.2) is 0 Å². The molecule has 1 saturated heterocycles. The summed E-state index contributed by atoms with van der Waals surface area (Å²) in [5.74, 6) is 0.472. The molecule has 1 atom stereocenters. The van der Waals surface area contributed by atoms with E-state index in [0.29, 0.717) is 0 Å². The molecule has 0 aliphatic carbocycles. The van der Waals surface area contributed by atoms with Gasteiger partial charge >= 0.3 is 0 Å². The standard InChI is InChI=1S/C5H9NO/c1-4-2-3-6-5(4)7/h4H,2-3H2,1H3,(H,6,7)/t4-/m1/s1. The molecular weight excluding hydrogens is 90.1 g/mol. The highest BCUT2D eigenvalue weighted by molar-refractivity contribution is 5.80. The number of carbonyl (C=O) groups is 1. The maximum atomic E-state index is 10.5. The topological polar surface area (TPSA) is 29.1 Å². The highest BCUT2D eigenvalue weighted by Gasteiger charge is 2.17. The Morgan fingerprint density at radius 2 is 2.57 bits per heavy atom. The molecule has 0 spiro atoms. The normalized spacial score (nSPS) is 30.4. The first-order valence-corrected chi connectivity index (χ1v) is 2.58. The van der Waals surface area contributed by atoms with Crippen molar-refractivity contribution < 1.29 is 4.79 Å². The Bertz CT molecular complexity index is 90.1. The molecule has 1 amide bonds. The Hall–Kier alpha value is -0.530. The van der Waals surface area contributed by atoms with Crippen molar-refractivity contribution in [2.45, 2.75) is 13.3 Å². The maximum Gasteiger partial charge on any atom is 0.222 e. The van der Waals surface area contributed by atoms with Crippen LogP contribution < -0.4 is 5.32 Å². The van der Waals surface area contributed by atoms with E-state index in [2.05, 4.69) is 5.32 Å². The van der Waals surface area contributed by atoms with Crippen molar-refractivity contribution in [3.05, 3.63) is 0 Å². The smallest absolute Gasteiger partial charge is 0.222 e. The highest BCUT2D eigenvalue weighted by atomic mass is 16.2. The van der Waals surface area contributed by atoms with Crippen LogP contribution in [0.15, 0.2) is 0 Å². The van der Waals surface area contributed by atoms with E-state index < -0.39 is 0 Å². The number of amides is 1. The molecule has 40 valence electrons. The third kappa shape index (κ3) is 0.734. The largest absolute Gasteiger partial charge is 0.356 e. The predicted molar refractivity (Wildman–Crippen MR) is 26.8 cm³/mol. The van der Waals surface area contributed by atoms with E-state index in [4.69, 9.17) is 0 Å². The maximum absolute atomic E-state index is 10.5. The minimum absolute atomic E-state index is 0.208. The van der Waals surface area contributed by atoms with Crippen LogP contribution in [0, 0.1) is 5.92 Å². The molecule has 0 unspecified atom stereocenters. The van der Waals surface area contributed by atoms with Gasteiger partial charge in [0.15, 0.2) is 0 Å². The molecule has 0 aromatic rings. The zero-order chi connectivity index (χ0) is 5.28. The van der Waals surface area contributed by atoms with Gasteiger partial charge < -0.3 is 5.32 Å². The van der Waals surface area contributed by atoms with Crippen LogP contribution in [0.4, 0.5) is 0 Å². The first-order valence-electron chi connectivity index (χ1n) is 2.58. The lowest BCUT2D eigenvalue weighted by Gasteiger charge is -1.90. The summed E-state index contributed by atoms with van der Waals surface area (Å²) >= 11 is 0. The molecule has 0 aromatic carbocycles. The molecule has 0 bridgehead atoms. The molecule has 1 rings (SSSR count). The minimum Gasteiger partial charge on any atom is -0.356 e. The average molecular weight is 99.1 g/mol. The van der Waals surface area contributed by atoms with Crippen LogP contribution in [0.3, 0.4) is 0 Å². The SMILES string of the molecule is C[C@@H]1CCNC1=O.